The molecule has 1 fully saturated rings. The van der Waals surface area contributed by atoms with E-state index in [1.165, 1.54) is 0 Å². The van der Waals surface area contributed by atoms with Crippen LogP contribution in [0.5, 0.6) is 0 Å². The maximum atomic E-state index is 12.6. The summed E-state index contributed by atoms with van der Waals surface area (Å²) in [6.07, 6.45) is 6.04. The first-order chi connectivity index (χ1) is 13.0. The number of aromatic amines is 1. The number of nitrogens with zero attached hydrogens (tertiary/aromatic N) is 4. The van der Waals surface area contributed by atoms with Gasteiger partial charge in [0.25, 0.3) is 0 Å². The largest absolute Gasteiger partial charge is 0.356 e. The van der Waals surface area contributed by atoms with E-state index in [9.17, 15) is 4.79 Å². The van der Waals surface area contributed by atoms with Gasteiger partial charge in [0.1, 0.15) is 17.8 Å². The van der Waals surface area contributed by atoms with Crippen LogP contribution >= 0.6 is 24.0 Å². The Morgan fingerprint density at radius 1 is 1.25 bits per heavy atom. The van der Waals surface area contributed by atoms with Crippen LogP contribution in [0.1, 0.15) is 18.5 Å². The highest BCUT2D eigenvalue weighted by Crippen LogP contribution is 2.28. The molecule has 1 saturated heterocycles. The van der Waals surface area contributed by atoms with Gasteiger partial charge in [0.15, 0.2) is 0 Å². The molecule has 1 aliphatic rings. The third-order valence-electron chi connectivity index (χ3n) is 4.96. The maximum Gasteiger partial charge on any atom is 0.240 e. The second kappa shape index (κ2) is 8.30. The predicted octanol–water partition coefficient (Wildman–Crippen LogP) is 2.04. The molecule has 0 aromatic carbocycles. The first-order valence-electron chi connectivity index (χ1n) is 8.76. The molecule has 1 aliphatic heterocycles. The molecule has 0 unspecified atom stereocenters. The molecule has 0 saturated carbocycles. The average Bonchev–Trinajstić information content (AvgIpc) is 3.17. The van der Waals surface area contributed by atoms with Crippen molar-refractivity contribution in [2.75, 3.05) is 18.0 Å². The summed E-state index contributed by atoms with van der Waals surface area (Å²) >= 11 is 5.83. The number of anilines is 1. The number of rotatable bonds is 4. The van der Waals surface area contributed by atoms with Gasteiger partial charge in [-0.05, 0) is 31.0 Å². The van der Waals surface area contributed by atoms with Gasteiger partial charge in [-0.25, -0.2) is 9.97 Å². The molecule has 0 bridgehead atoms. The number of halogens is 2. The molecule has 10 heteroatoms. The molecule has 3 aromatic heterocycles. The Morgan fingerprint density at radius 3 is 2.75 bits per heavy atom. The first-order valence-corrected chi connectivity index (χ1v) is 9.14. The van der Waals surface area contributed by atoms with Crippen molar-refractivity contribution >= 4 is 46.8 Å². The molecule has 4 heterocycles. The molecule has 4 rings (SSSR count). The van der Waals surface area contributed by atoms with Crippen molar-refractivity contribution in [3.05, 3.63) is 47.6 Å². The topological polar surface area (TPSA) is 113 Å². The molecule has 3 aromatic rings. The second-order valence-electron chi connectivity index (χ2n) is 6.73. The van der Waals surface area contributed by atoms with Crippen molar-refractivity contribution in [3.8, 4) is 0 Å². The number of piperidine rings is 1. The van der Waals surface area contributed by atoms with Crippen molar-refractivity contribution in [3.63, 3.8) is 0 Å². The Labute approximate surface area is 173 Å². The van der Waals surface area contributed by atoms with E-state index in [0.717, 1.165) is 22.5 Å². The number of amides is 1. The third-order valence-corrected chi connectivity index (χ3v) is 5.18. The molecule has 4 N–H and O–H groups in total. The summed E-state index contributed by atoms with van der Waals surface area (Å²) in [6, 6.07) is 5.49. The fourth-order valence-corrected chi connectivity index (χ4v) is 3.42. The lowest BCUT2D eigenvalue weighted by atomic mass is 9.87. The van der Waals surface area contributed by atoms with Gasteiger partial charge in [0, 0.05) is 25.5 Å². The zero-order chi connectivity index (χ0) is 18.9. The number of hydrogen-bond acceptors (Lipinski definition) is 6. The Morgan fingerprint density at radius 2 is 2.04 bits per heavy atom. The number of nitrogens with one attached hydrogen (secondary N) is 2. The summed E-state index contributed by atoms with van der Waals surface area (Å²) in [5.74, 6) is 0.711. The lowest BCUT2D eigenvalue weighted by molar-refractivity contribution is -0.127. The van der Waals surface area contributed by atoms with Gasteiger partial charge < -0.3 is 20.9 Å². The zero-order valence-corrected chi connectivity index (χ0v) is 16.6. The van der Waals surface area contributed by atoms with Crippen molar-refractivity contribution < 1.29 is 4.79 Å². The number of pyridine rings is 1. The minimum Gasteiger partial charge on any atom is -0.356 e. The van der Waals surface area contributed by atoms with Crippen molar-refractivity contribution in [2.45, 2.75) is 24.9 Å². The van der Waals surface area contributed by atoms with Gasteiger partial charge >= 0.3 is 0 Å². The van der Waals surface area contributed by atoms with Crippen LogP contribution in [0.3, 0.4) is 0 Å². The molecule has 0 aliphatic carbocycles. The number of H-pyrrole nitrogens is 1. The quantitative estimate of drug-likeness (QED) is 0.593. The smallest absolute Gasteiger partial charge is 0.240 e. The molecular weight excluding hydrogens is 401 g/mol. The molecule has 0 spiro atoms. The summed E-state index contributed by atoms with van der Waals surface area (Å²) in [5, 5.41) is 4.43. The minimum atomic E-state index is -0.896. The van der Waals surface area contributed by atoms with E-state index in [-0.39, 0.29) is 18.3 Å². The Hall–Kier alpha value is -2.42. The standard InChI is InChI=1S/C18H20ClN7O.ClH/c19-12-1-2-13(22-9-12)10-23-17(27)18(20)4-7-26(8-5-18)16-14-3-6-21-15(14)24-11-25-16;/h1-3,6,9,11H,4-5,7-8,10,20H2,(H,23,27)(H,21,24,25);1H. The van der Waals surface area contributed by atoms with E-state index in [0.29, 0.717) is 37.5 Å². The molecule has 1 amide bonds. The molecule has 8 nitrogen and oxygen atoms in total. The van der Waals surface area contributed by atoms with E-state index < -0.39 is 5.54 Å². The van der Waals surface area contributed by atoms with Gasteiger partial charge in [0.05, 0.1) is 28.2 Å². The number of nitrogens with two attached hydrogens (primary N) is 1. The number of fused-ring (bicyclic) bond motifs is 1. The summed E-state index contributed by atoms with van der Waals surface area (Å²) in [7, 11) is 0. The van der Waals surface area contributed by atoms with Gasteiger partial charge in [-0.2, -0.15) is 0 Å². The number of aromatic nitrogens is 4. The van der Waals surface area contributed by atoms with Crippen LogP contribution in [0.15, 0.2) is 36.9 Å². The summed E-state index contributed by atoms with van der Waals surface area (Å²) < 4.78 is 0. The lowest BCUT2D eigenvalue weighted by Gasteiger charge is -2.38. The molecular formula is C18H21Cl2N7O. The van der Waals surface area contributed by atoms with Crippen LogP contribution in [0.4, 0.5) is 5.82 Å². The first kappa shape index (κ1) is 20.3. The summed E-state index contributed by atoms with van der Waals surface area (Å²) in [4.78, 5) is 30.7. The second-order valence-corrected chi connectivity index (χ2v) is 7.17. The number of hydrogen-bond donors (Lipinski definition) is 3. The Bertz CT molecular complexity index is 952. The van der Waals surface area contributed by atoms with E-state index in [2.05, 4.69) is 30.2 Å². The van der Waals surface area contributed by atoms with Crippen LogP contribution in [0, 0.1) is 0 Å². The van der Waals surface area contributed by atoms with Gasteiger partial charge in [0.2, 0.25) is 5.91 Å². The minimum absolute atomic E-state index is 0. The SMILES string of the molecule is Cl.NC1(C(=O)NCc2ccc(Cl)cn2)CCN(c2ncnc3[nH]ccc23)CC1. The maximum absolute atomic E-state index is 12.6. The summed E-state index contributed by atoms with van der Waals surface area (Å²) in [5.41, 5.74) is 7.05. The average molecular weight is 422 g/mol. The van der Waals surface area contributed by atoms with Gasteiger partial charge in [-0.1, -0.05) is 11.6 Å². The lowest BCUT2D eigenvalue weighted by Crippen LogP contribution is -2.59. The van der Waals surface area contributed by atoms with Gasteiger partial charge in [-0.15, -0.1) is 12.4 Å². The van der Waals surface area contributed by atoms with E-state index in [1.807, 2.05) is 12.3 Å². The zero-order valence-electron chi connectivity index (χ0n) is 15.1. The summed E-state index contributed by atoms with van der Waals surface area (Å²) in [6.45, 7) is 1.63. The van der Waals surface area contributed by atoms with E-state index in [1.54, 1.807) is 24.7 Å². The van der Waals surface area contributed by atoms with E-state index >= 15 is 0 Å². The molecule has 28 heavy (non-hydrogen) atoms. The highest BCUT2D eigenvalue weighted by atomic mass is 35.5. The van der Waals surface area contributed by atoms with Crippen LogP contribution in [0.25, 0.3) is 11.0 Å². The van der Waals surface area contributed by atoms with E-state index in [4.69, 9.17) is 17.3 Å². The molecule has 0 radical (unpaired) electrons. The van der Waals surface area contributed by atoms with Crippen LogP contribution in [-0.2, 0) is 11.3 Å². The van der Waals surface area contributed by atoms with Gasteiger partial charge in [-0.3, -0.25) is 9.78 Å². The number of carbonyl (C=O) groups excluding carboxylic acids is 1. The fourth-order valence-electron chi connectivity index (χ4n) is 3.31. The van der Waals surface area contributed by atoms with Crippen molar-refractivity contribution in [2.24, 2.45) is 5.73 Å². The van der Waals surface area contributed by atoms with Crippen LogP contribution < -0.4 is 16.0 Å². The number of carbonyl (C=O) groups is 1. The predicted molar refractivity (Wildman–Crippen MR) is 111 cm³/mol. The fraction of sp³-hybridized carbons (Fsp3) is 0.333. The normalized spacial score (nSPS) is 15.9. The highest BCUT2D eigenvalue weighted by Gasteiger charge is 2.38. The van der Waals surface area contributed by atoms with Crippen LogP contribution in [-0.4, -0.2) is 44.5 Å². The van der Waals surface area contributed by atoms with Crippen molar-refractivity contribution in [1.82, 2.24) is 25.3 Å². The Kier molecular flexibility index (Phi) is 6.02. The Balaban J connectivity index is 0.00000225. The monoisotopic (exact) mass is 421 g/mol. The van der Waals surface area contributed by atoms with Crippen molar-refractivity contribution in [1.29, 1.82) is 0 Å². The molecule has 148 valence electrons. The highest BCUT2D eigenvalue weighted by molar-refractivity contribution is 6.30. The molecule has 0 atom stereocenters. The van der Waals surface area contributed by atoms with Crippen LogP contribution in [0.2, 0.25) is 5.02 Å². The third kappa shape index (κ3) is 4.04.